The zero-order valence-electron chi connectivity index (χ0n) is 11.0. The first-order chi connectivity index (χ1) is 9.36. The molecule has 7 heteroatoms. The van der Waals surface area contributed by atoms with Crippen molar-refractivity contribution in [2.75, 3.05) is 6.54 Å². The van der Waals surface area contributed by atoms with E-state index in [1.165, 1.54) is 31.2 Å². The van der Waals surface area contributed by atoms with Crippen LogP contribution in [-0.4, -0.2) is 35.5 Å². The summed E-state index contributed by atoms with van der Waals surface area (Å²) in [5.74, 6) is -1.42. The van der Waals surface area contributed by atoms with Crippen LogP contribution in [0.3, 0.4) is 0 Å². The van der Waals surface area contributed by atoms with E-state index < -0.39 is 18.1 Å². The first kappa shape index (κ1) is 15.9. The van der Waals surface area contributed by atoms with E-state index in [4.69, 9.17) is 0 Å². The van der Waals surface area contributed by atoms with Crippen LogP contribution in [0.2, 0.25) is 0 Å². The Bertz CT molecular complexity index is 495. The number of nitrogens with zero attached hydrogens (tertiary/aromatic N) is 1. The molecular formula is C13H15F2NO4. The standard InChI is InChI=1S/C13H15F2NO4/c1-3-16(8-17)13(2,11(18)19)9-5-4-6-10(7-9)20-12(14)15/h4-8,12H,3H2,1-2H3,(H,18,19). The Labute approximate surface area is 114 Å². The molecule has 0 spiro atoms. The third-order valence-electron chi connectivity index (χ3n) is 3.08. The zero-order valence-corrected chi connectivity index (χ0v) is 11.0. The van der Waals surface area contributed by atoms with Crippen molar-refractivity contribution < 1.29 is 28.2 Å². The van der Waals surface area contributed by atoms with Gasteiger partial charge in [0.15, 0.2) is 5.54 Å². The summed E-state index contributed by atoms with van der Waals surface area (Å²) < 4.78 is 28.6. The summed E-state index contributed by atoms with van der Waals surface area (Å²) in [7, 11) is 0. The average Bonchev–Trinajstić information content (AvgIpc) is 2.39. The van der Waals surface area contributed by atoms with E-state index in [9.17, 15) is 23.5 Å². The van der Waals surface area contributed by atoms with Crippen LogP contribution >= 0.6 is 0 Å². The molecule has 0 saturated carbocycles. The first-order valence-electron chi connectivity index (χ1n) is 5.87. The minimum Gasteiger partial charge on any atom is -0.479 e. The summed E-state index contributed by atoms with van der Waals surface area (Å²) in [6, 6.07) is 5.31. The fourth-order valence-corrected chi connectivity index (χ4v) is 1.88. The highest BCUT2D eigenvalue weighted by atomic mass is 19.3. The molecule has 5 nitrogen and oxygen atoms in total. The van der Waals surface area contributed by atoms with E-state index in [0.717, 1.165) is 4.90 Å². The minimum atomic E-state index is -3.00. The van der Waals surface area contributed by atoms with Crippen molar-refractivity contribution in [2.45, 2.75) is 26.0 Å². The molecule has 1 aromatic carbocycles. The van der Waals surface area contributed by atoms with Crippen LogP contribution < -0.4 is 4.74 Å². The molecule has 0 fully saturated rings. The maximum atomic E-state index is 12.2. The Morgan fingerprint density at radius 1 is 1.55 bits per heavy atom. The fraction of sp³-hybridized carbons (Fsp3) is 0.385. The highest BCUT2D eigenvalue weighted by molar-refractivity contribution is 5.83. The number of alkyl halides is 2. The fourth-order valence-electron chi connectivity index (χ4n) is 1.88. The molecule has 1 rings (SSSR count). The maximum absolute atomic E-state index is 12.2. The van der Waals surface area contributed by atoms with Crippen molar-refractivity contribution in [3.8, 4) is 5.75 Å². The van der Waals surface area contributed by atoms with E-state index >= 15 is 0 Å². The molecule has 0 bridgehead atoms. The van der Waals surface area contributed by atoms with Gasteiger partial charge in [-0.1, -0.05) is 12.1 Å². The molecule has 110 valence electrons. The van der Waals surface area contributed by atoms with Gasteiger partial charge in [0.25, 0.3) is 0 Å². The largest absolute Gasteiger partial charge is 0.479 e. The molecule has 1 unspecified atom stereocenters. The summed E-state index contributed by atoms with van der Waals surface area (Å²) in [6.45, 7) is 0.102. The number of hydrogen-bond acceptors (Lipinski definition) is 3. The highest BCUT2D eigenvalue weighted by Crippen LogP contribution is 2.30. The van der Waals surface area contributed by atoms with Gasteiger partial charge in [-0.05, 0) is 31.5 Å². The smallest absolute Gasteiger partial charge is 0.387 e. The van der Waals surface area contributed by atoms with Crippen LogP contribution in [0.5, 0.6) is 5.75 Å². The van der Waals surface area contributed by atoms with E-state index in [1.54, 1.807) is 6.92 Å². The highest BCUT2D eigenvalue weighted by Gasteiger charge is 2.40. The number of halogens is 2. The van der Waals surface area contributed by atoms with Crippen molar-refractivity contribution in [1.29, 1.82) is 0 Å². The van der Waals surface area contributed by atoms with Gasteiger partial charge < -0.3 is 14.7 Å². The lowest BCUT2D eigenvalue weighted by molar-refractivity contribution is -0.154. The Balaban J connectivity index is 3.28. The minimum absolute atomic E-state index is 0.159. The van der Waals surface area contributed by atoms with E-state index in [1.807, 2.05) is 0 Å². The molecular weight excluding hydrogens is 272 g/mol. The lowest BCUT2D eigenvalue weighted by Crippen LogP contribution is -2.49. The SMILES string of the molecule is CCN(C=O)C(C)(C(=O)O)c1cccc(OC(F)F)c1. The van der Waals surface area contributed by atoms with Crippen molar-refractivity contribution in [3.63, 3.8) is 0 Å². The van der Waals surface area contributed by atoms with Crippen LogP contribution in [0.25, 0.3) is 0 Å². The Morgan fingerprint density at radius 2 is 2.20 bits per heavy atom. The molecule has 1 atom stereocenters. The number of aliphatic carboxylic acids is 1. The number of hydrogen-bond donors (Lipinski definition) is 1. The van der Waals surface area contributed by atoms with Crippen molar-refractivity contribution in [2.24, 2.45) is 0 Å². The van der Waals surface area contributed by atoms with Gasteiger partial charge in [0, 0.05) is 6.54 Å². The second kappa shape index (κ2) is 6.31. The number of rotatable bonds is 7. The lowest BCUT2D eigenvalue weighted by Gasteiger charge is -2.35. The topological polar surface area (TPSA) is 66.8 Å². The molecule has 0 radical (unpaired) electrons. The third-order valence-corrected chi connectivity index (χ3v) is 3.08. The number of carbonyl (C=O) groups is 2. The summed E-state index contributed by atoms with van der Waals surface area (Å²) in [5.41, 5.74) is -1.48. The van der Waals surface area contributed by atoms with Gasteiger partial charge in [-0.25, -0.2) is 4.79 Å². The van der Waals surface area contributed by atoms with Crippen LogP contribution in [-0.2, 0) is 15.1 Å². The number of carbonyl (C=O) groups excluding carboxylic acids is 1. The predicted molar refractivity (Wildman–Crippen MR) is 66.5 cm³/mol. The third kappa shape index (κ3) is 3.04. The summed E-state index contributed by atoms with van der Waals surface area (Å²) in [5, 5.41) is 9.40. The van der Waals surface area contributed by atoms with Gasteiger partial charge in [-0.2, -0.15) is 8.78 Å². The van der Waals surface area contributed by atoms with Gasteiger partial charge in [0.1, 0.15) is 5.75 Å². The van der Waals surface area contributed by atoms with E-state index in [2.05, 4.69) is 4.74 Å². The normalized spacial score (nSPS) is 13.7. The quantitative estimate of drug-likeness (QED) is 0.780. The second-order valence-electron chi connectivity index (χ2n) is 4.18. The van der Waals surface area contributed by atoms with Gasteiger partial charge in [0.05, 0.1) is 0 Å². The molecule has 0 saturated heterocycles. The van der Waals surface area contributed by atoms with Crippen LogP contribution in [0.4, 0.5) is 8.78 Å². The Morgan fingerprint density at radius 3 is 2.65 bits per heavy atom. The van der Waals surface area contributed by atoms with Gasteiger partial charge in [-0.3, -0.25) is 4.79 Å². The molecule has 20 heavy (non-hydrogen) atoms. The lowest BCUT2D eigenvalue weighted by atomic mass is 9.90. The predicted octanol–water partition coefficient (Wildman–Crippen LogP) is 2.07. The molecule has 0 heterocycles. The zero-order chi connectivity index (χ0) is 15.3. The molecule has 0 aliphatic carbocycles. The number of carboxylic acids is 1. The van der Waals surface area contributed by atoms with Gasteiger partial charge in [-0.15, -0.1) is 0 Å². The Kier molecular flexibility index (Phi) is 5.01. The Hall–Kier alpha value is -2.18. The van der Waals surface area contributed by atoms with Crippen molar-refractivity contribution >= 4 is 12.4 Å². The number of amides is 1. The number of ether oxygens (including phenoxy) is 1. The second-order valence-corrected chi connectivity index (χ2v) is 4.18. The number of benzene rings is 1. The van der Waals surface area contributed by atoms with Crippen molar-refractivity contribution in [1.82, 2.24) is 4.90 Å². The molecule has 0 aliphatic heterocycles. The van der Waals surface area contributed by atoms with Gasteiger partial charge >= 0.3 is 12.6 Å². The summed E-state index contributed by atoms with van der Waals surface area (Å²) in [6.07, 6.45) is 0.411. The van der Waals surface area contributed by atoms with Crippen LogP contribution in [0.15, 0.2) is 24.3 Å². The van der Waals surface area contributed by atoms with E-state index in [-0.39, 0.29) is 17.9 Å². The molecule has 1 N–H and O–H groups in total. The van der Waals surface area contributed by atoms with Gasteiger partial charge in [0.2, 0.25) is 6.41 Å². The number of likely N-dealkylation sites (N-methyl/N-ethyl adjacent to an activating group) is 1. The van der Waals surface area contributed by atoms with Crippen LogP contribution in [0.1, 0.15) is 19.4 Å². The van der Waals surface area contributed by atoms with Crippen molar-refractivity contribution in [3.05, 3.63) is 29.8 Å². The van der Waals surface area contributed by atoms with Crippen LogP contribution in [0, 0.1) is 0 Å². The summed E-state index contributed by atoms with van der Waals surface area (Å²) >= 11 is 0. The maximum Gasteiger partial charge on any atom is 0.387 e. The van der Waals surface area contributed by atoms with E-state index in [0.29, 0.717) is 6.41 Å². The molecule has 0 aromatic heterocycles. The first-order valence-corrected chi connectivity index (χ1v) is 5.87. The summed E-state index contributed by atoms with van der Waals surface area (Å²) in [4.78, 5) is 23.6. The monoisotopic (exact) mass is 287 g/mol. The molecule has 0 aliphatic rings. The number of carboxylic acid groups (broad SMARTS) is 1. The molecule has 1 aromatic rings. The average molecular weight is 287 g/mol. The molecule has 1 amide bonds.